The first-order valence-corrected chi connectivity index (χ1v) is 7.02. The molecule has 2 heteroatoms. The molecule has 0 aliphatic carbocycles. The number of hydrogen-bond donors (Lipinski definition) is 0. The maximum atomic E-state index is 5.29. The monoisotopic (exact) mass is 259 g/mol. The van der Waals surface area contributed by atoms with E-state index in [1.54, 1.807) is 6.21 Å². The van der Waals surface area contributed by atoms with Crippen molar-refractivity contribution in [2.45, 2.75) is 40.0 Å². The molecule has 0 saturated heterocycles. The minimum atomic E-state index is 0.683. The van der Waals surface area contributed by atoms with E-state index in [1.807, 2.05) is 30.3 Å². The van der Waals surface area contributed by atoms with Gasteiger partial charge in [0, 0.05) is 0 Å². The summed E-state index contributed by atoms with van der Waals surface area (Å²) in [6.07, 6.45) is 7.50. The summed E-state index contributed by atoms with van der Waals surface area (Å²) in [5, 5.41) is 3.99. The Morgan fingerprint density at radius 1 is 1.21 bits per heavy atom. The van der Waals surface area contributed by atoms with Crippen LogP contribution >= 0.6 is 0 Å². The Morgan fingerprint density at radius 2 is 1.95 bits per heavy atom. The fraction of sp³-hybridized carbons (Fsp3) is 0.471. The summed E-state index contributed by atoms with van der Waals surface area (Å²) in [7, 11) is 0. The third kappa shape index (κ3) is 8.20. The first-order valence-electron chi connectivity index (χ1n) is 7.02. The number of rotatable bonds is 8. The van der Waals surface area contributed by atoms with Crippen molar-refractivity contribution in [3.8, 4) is 0 Å². The number of nitrogens with zero attached hydrogens (tertiary/aromatic N) is 1. The van der Waals surface area contributed by atoms with Crippen LogP contribution < -0.4 is 0 Å². The SMILES string of the molecule is CC(C)=CCCC(C)CCO/N=C/c1ccccc1. The van der Waals surface area contributed by atoms with Crippen molar-refractivity contribution in [3.05, 3.63) is 47.5 Å². The fourth-order valence-electron chi connectivity index (χ4n) is 1.74. The highest BCUT2D eigenvalue weighted by atomic mass is 16.6. The maximum absolute atomic E-state index is 5.29. The predicted octanol–water partition coefficient (Wildman–Crippen LogP) is 4.81. The second-order valence-electron chi connectivity index (χ2n) is 5.23. The molecule has 0 spiro atoms. The largest absolute Gasteiger partial charge is 0.396 e. The third-order valence-electron chi connectivity index (χ3n) is 2.99. The second-order valence-corrected chi connectivity index (χ2v) is 5.23. The molecule has 1 rings (SSSR count). The molecule has 19 heavy (non-hydrogen) atoms. The van der Waals surface area contributed by atoms with Crippen molar-refractivity contribution in [2.24, 2.45) is 11.1 Å². The van der Waals surface area contributed by atoms with E-state index < -0.39 is 0 Å². The van der Waals surface area contributed by atoms with Gasteiger partial charge in [-0.3, -0.25) is 0 Å². The van der Waals surface area contributed by atoms with Gasteiger partial charge in [-0.1, -0.05) is 54.1 Å². The average molecular weight is 259 g/mol. The molecule has 0 amide bonds. The molecule has 0 aliphatic heterocycles. The quantitative estimate of drug-likeness (QED) is 0.284. The summed E-state index contributed by atoms with van der Waals surface area (Å²) in [4.78, 5) is 5.29. The third-order valence-corrected chi connectivity index (χ3v) is 2.99. The number of allylic oxidation sites excluding steroid dienone is 2. The summed E-state index contributed by atoms with van der Waals surface area (Å²) in [5.41, 5.74) is 2.47. The smallest absolute Gasteiger partial charge is 0.117 e. The molecule has 0 saturated carbocycles. The van der Waals surface area contributed by atoms with Crippen molar-refractivity contribution < 1.29 is 4.84 Å². The second kappa shape index (κ2) is 9.37. The van der Waals surface area contributed by atoms with E-state index in [1.165, 1.54) is 12.0 Å². The zero-order chi connectivity index (χ0) is 13.9. The lowest BCUT2D eigenvalue weighted by Gasteiger charge is -2.08. The molecule has 1 atom stereocenters. The van der Waals surface area contributed by atoms with Crippen LogP contribution in [-0.4, -0.2) is 12.8 Å². The van der Waals surface area contributed by atoms with Crippen LogP contribution in [0.5, 0.6) is 0 Å². The fourth-order valence-corrected chi connectivity index (χ4v) is 1.74. The van der Waals surface area contributed by atoms with E-state index in [9.17, 15) is 0 Å². The van der Waals surface area contributed by atoms with Gasteiger partial charge in [0.05, 0.1) is 6.21 Å². The zero-order valence-corrected chi connectivity index (χ0v) is 12.3. The minimum absolute atomic E-state index is 0.683. The zero-order valence-electron chi connectivity index (χ0n) is 12.3. The standard InChI is InChI=1S/C17H25NO/c1-15(2)8-7-9-16(3)12-13-19-18-14-17-10-5-4-6-11-17/h4-6,8,10-11,14,16H,7,9,12-13H2,1-3H3/b18-14+. The van der Waals surface area contributed by atoms with Crippen LogP contribution in [0, 0.1) is 5.92 Å². The Balaban J connectivity index is 2.10. The number of oxime groups is 1. The van der Waals surface area contributed by atoms with Crippen molar-refractivity contribution in [1.29, 1.82) is 0 Å². The van der Waals surface area contributed by atoms with Crippen molar-refractivity contribution in [2.75, 3.05) is 6.61 Å². The van der Waals surface area contributed by atoms with E-state index in [0.29, 0.717) is 12.5 Å². The molecule has 0 aromatic heterocycles. The van der Waals surface area contributed by atoms with Gasteiger partial charge in [0.1, 0.15) is 6.61 Å². The van der Waals surface area contributed by atoms with Gasteiger partial charge in [0.15, 0.2) is 0 Å². The minimum Gasteiger partial charge on any atom is -0.396 e. The number of benzene rings is 1. The molecule has 0 N–H and O–H groups in total. The Hall–Kier alpha value is -1.57. The molecule has 1 aromatic carbocycles. The molecule has 0 aliphatic rings. The van der Waals surface area contributed by atoms with Crippen LogP contribution in [0.25, 0.3) is 0 Å². The van der Waals surface area contributed by atoms with E-state index in [-0.39, 0.29) is 0 Å². The van der Waals surface area contributed by atoms with Gasteiger partial charge in [-0.25, -0.2) is 0 Å². The summed E-state index contributed by atoms with van der Waals surface area (Å²) in [5.74, 6) is 0.683. The molecule has 0 radical (unpaired) electrons. The average Bonchev–Trinajstić information content (AvgIpc) is 2.39. The van der Waals surface area contributed by atoms with E-state index in [0.717, 1.165) is 18.4 Å². The summed E-state index contributed by atoms with van der Waals surface area (Å²) >= 11 is 0. The highest BCUT2D eigenvalue weighted by Gasteiger charge is 2.00. The normalized spacial score (nSPS) is 12.4. The van der Waals surface area contributed by atoms with Crippen LogP contribution in [0.4, 0.5) is 0 Å². The number of hydrogen-bond acceptors (Lipinski definition) is 2. The van der Waals surface area contributed by atoms with Gasteiger partial charge >= 0.3 is 0 Å². The van der Waals surface area contributed by atoms with Gasteiger partial charge in [-0.2, -0.15) is 0 Å². The molecule has 2 nitrogen and oxygen atoms in total. The lowest BCUT2D eigenvalue weighted by atomic mass is 10.0. The lowest BCUT2D eigenvalue weighted by Crippen LogP contribution is -1.99. The van der Waals surface area contributed by atoms with Crippen LogP contribution in [0.1, 0.15) is 45.6 Å². The van der Waals surface area contributed by atoms with Crippen LogP contribution in [0.15, 0.2) is 47.1 Å². The van der Waals surface area contributed by atoms with Crippen LogP contribution in [0.2, 0.25) is 0 Å². The summed E-state index contributed by atoms with van der Waals surface area (Å²) < 4.78 is 0. The van der Waals surface area contributed by atoms with Crippen molar-refractivity contribution >= 4 is 6.21 Å². The predicted molar refractivity (Wildman–Crippen MR) is 82.4 cm³/mol. The Morgan fingerprint density at radius 3 is 2.63 bits per heavy atom. The van der Waals surface area contributed by atoms with Crippen molar-refractivity contribution in [3.63, 3.8) is 0 Å². The summed E-state index contributed by atoms with van der Waals surface area (Å²) in [6, 6.07) is 10.00. The molecular formula is C17H25NO. The van der Waals surface area contributed by atoms with Gasteiger partial charge in [0.2, 0.25) is 0 Å². The highest BCUT2D eigenvalue weighted by Crippen LogP contribution is 2.11. The van der Waals surface area contributed by atoms with Gasteiger partial charge in [-0.05, 0) is 44.6 Å². The van der Waals surface area contributed by atoms with Crippen molar-refractivity contribution in [1.82, 2.24) is 0 Å². The maximum Gasteiger partial charge on any atom is 0.117 e. The van der Waals surface area contributed by atoms with E-state index in [4.69, 9.17) is 4.84 Å². The topological polar surface area (TPSA) is 21.6 Å². The van der Waals surface area contributed by atoms with E-state index in [2.05, 4.69) is 32.0 Å². The molecule has 0 heterocycles. The molecule has 104 valence electrons. The molecule has 0 bridgehead atoms. The highest BCUT2D eigenvalue weighted by molar-refractivity contribution is 5.78. The lowest BCUT2D eigenvalue weighted by molar-refractivity contribution is 0.131. The molecular weight excluding hydrogens is 234 g/mol. The van der Waals surface area contributed by atoms with E-state index >= 15 is 0 Å². The first kappa shape index (κ1) is 15.5. The Bertz CT molecular complexity index is 391. The first-order chi connectivity index (χ1) is 9.18. The van der Waals surface area contributed by atoms with Gasteiger partial charge < -0.3 is 4.84 Å². The Kier molecular flexibility index (Phi) is 7.64. The van der Waals surface area contributed by atoms with Gasteiger partial charge in [-0.15, -0.1) is 0 Å². The molecule has 0 fully saturated rings. The van der Waals surface area contributed by atoms with Crippen LogP contribution in [-0.2, 0) is 4.84 Å². The molecule has 1 unspecified atom stereocenters. The molecule has 1 aromatic rings. The van der Waals surface area contributed by atoms with Gasteiger partial charge in [0.25, 0.3) is 0 Å². The Labute approximate surface area is 117 Å². The van der Waals surface area contributed by atoms with Crippen LogP contribution in [0.3, 0.4) is 0 Å². The summed E-state index contributed by atoms with van der Waals surface area (Å²) in [6.45, 7) is 7.25.